The summed E-state index contributed by atoms with van der Waals surface area (Å²) in [4.78, 5) is 2.94. The normalized spacial score (nSPS) is 50.1. The number of rotatable bonds is 3. The number of nitrogens with zero attached hydrogens (tertiary/aromatic N) is 3. The fraction of sp³-hybridized carbons (Fsp3) is 1.00. The summed E-state index contributed by atoms with van der Waals surface area (Å²) in [5.41, 5.74) is 8.93. The van der Waals surface area contributed by atoms with E-state index in [1.807, 2.05) is 34.6 Å². The summed E-state index contributed by atoms with van der Waals surface area (Å²) in [5, 5.41) is 3.86. The van der Waals surface area contributed by atoms with Crippen LogP contribution in [0.5, 0.6) is 0 Å². The van der Waals surface area contributed by atoms with Crippen LogP contribution in [0.4, 0.5) is 0 Å². The maximum atomic E-state index is 8.93. The highest BCUT2D eigenvalue weighted by molar-refractivity contribution is 5.12. The van der Waals surface area contributed by atoms with Crippen LogP contribution in [0.25, 0.3) is 10.4 Å². The summed E-state index contributed by atoms with van der Waals surface area (Å²) in [6.45, 7) is 9.66. The zero-order valence-corrected chi connectivity index (χ0v) is 16.4. The van der Waals surface area contributed by atoms with Gasteiger partial charge in [0, 0.05) is 17.9 Å². The van der Waals surface area contributed by atoms with E-state index < -0.39 is 41.9 Å². The molecule has 0 bridgehead atoms. The Balaban J connectivity index is 1.70. The van der Waals surface area contributed by atoms with Crippen LogP contribution < -0.4 is 0 Å². The summed E-state index contributed by atoms with van der Waals surface area (Å²) < 4.78 is 42.3. The largest absolute Gasteiger partial charge is 0.355 e. The van der Waals surface area contributed by atoms with Gasteiger partial charge in [0.2, 0.25) is 5.79 Å². The fourth-order valence-electron chi connectivity index (χ4n) is 4.59. The number of fused-ring (bicyclic) bond motifs is 3. The second-order valence-corrected chi connectivity index (χ2v) is 8.43. The van der Waals surface area contributed by atoms with Crippen molar-refractivity contribution >= 4 is 0 Å². The number of hydrogen-bond acceptors (Lipinski definition) is 8. The Morgan fingerprint density at radius 2 is 1.81 bits per heavy atom. The molecule has 10 nitrogen and oxygen atoms in total. The first-order chi connectivity index (χ1) is 12.6. The molecule has 0 saturated carbocycles. The minimum Gasteiger partial charge on any atom is -0.355 e. The van der Waals surface area contributed by atoms with E-state index >= 15 is 0 Å². The molecule has 0 aromatic carbocycles. The lowest BCUT2D eigenvalue weighted by molar-refractivity contribution is -0.341. The predicted molar refractivity (Wildman–Crippen MR) is 90.3 cm³/mol. The van der Waals surface area contributed by atoms with E-state index in [0.29, 0.717) is 6.61 Å². The number of azide groups is 1. The molecule has 4 aliphatic heterocycles. The van der Waals surface area contributed by atoms with Crippen molar-refractivity contribution < 1.29 is 33.2 Å². The second-order valence-electron chi connectivity index (χ2n) is 8.43. The molecule has 0 N–H and O–H groups in total. The Bertz CT molecular complexity index is 652. The predicted octanol–water partition coefficient (Wildman–Crippen LogP) is 2.07. The minimum absolute atomic E-state index is 0.222. The first kappa shape index (κ1) is 19.4. The third kappa shape index (κ3) is 2.95. The monoisotopic (exact) mass is 385 g/mol. The highest BCUT2D eigenvalue weighted by Crippen LogP contribution is 2.54. The Labute approximate surface area is 157 Å². The van der Waals surface area contributed by atoms with E-state index in [0.717, 1.165) is 0 Å². The smallest absolute Gasteiger partial charge is 0.228 e. The van der Waals surface area contributed by atoms with Crippen molar-refractivity contribution in [3.63, 3.8) is 0 Å². The molecule has 8 atom stereocenters. The Hall–Kier alpha value is -0.970. The van der Waals surface area contributed by atoms with Gasteiger partial charge in [-0.2, -0.15) is 0 Å². The van der Waals surface area contributed by atoms with Crippen LogP contribution in [0.1, 0.15) is 34.6 Å². The molecule has 0 aromatic heterocycles. The zero-order valence-electron chi connectivity index (χ0n) is 16.4. The van der Waals surface area contributed by atoms with Crippen molar-refractivity contribution in [2.45, 2.75) is 88.7 Å². The quantitative estimate of drug-likeness (QED) is 0.415. The fourth-order valence-corrected chi connectivity index (χ4v) is 4.59. The maximum absolute atomic E-state index is 8.93. The van der Waals surface area contributed by atoms with Crippen LogP contribution in [-0.2, 0) is 33.2 Å². The van der Waals surface area contributed by atoms with E-state index in [4.69, 9.17) is 38.7 Å². The van der Waals surface area contributed by atoms with Crippen LogP contribution in [0.3, 0.4) is 0 Å². The third-order valence-corrected chi connectivity index (χ3v) is 5.62. The highest BCUT2D eigenvalue weighted by Gasteiger charge is 2.73. The summed E-state index contributed by atoms with van der Waals surface area (Å²) in [6.07, 6.45) is -2.50. The molecule has 0 amide bonds. The van der Waals surface area contributed by atoms with Crippen molar-refractivity contribution in [1.29, 1.82) is 0 Å². The van der Waals surface area contributed by atoms with Gasteiger partial charge in [0.1, 0.15) is 24.4 Å². The summed E-state index contributed by atoms with van der Waals surface area (Å²) in [5.74, 6) is -3.07. The molecule has 0 spiro atoms. The average molecular weight is 385 g/mol. The zero-order chi connectivity index (χ0) is 19.6. The standard InChI is InChI=1S/C17H27N3O7/c1-8-10(19-20-18)14(21-6)23-12(8)17-13(26-16(4,5)27-17)11-9(24-17)7-22-15(2,3)25-11/h8-14H,7H2,1-6H3/t8-,9-,10-,11+,12-,13-,14-,17-/m0/s1. The molecular formula is C17H27N3O7. The van der Waals surface area contributed by atoms with Gasteiger partial charge in [-0.1, -0.05) is 12.0 Å². The second kappa shape index (κ2) is 6.27. The highest BCUT2D eigenvalue weighted by atomic mass is 16.9. The molecule has 4 aliphatic rings. The van der Waals surface area contributed by atoms with Gasteiger partial charge in [-0.25, -0.2) is 0 Å². The third-order valence-electron chi connectivity index (χ3n) is 5.62. The van der Waals surface area contributed by atoms with Gasteiger partial charge < -0.3 is 33.2 Å². The molecule has 0 radical (unpaired) electrons. The molecule has 152 valence electrons. The van der Waals surface area contributed by atoms with E-state index in [9.17, 15) is 0 Å². The average Bonchev–Trinajstić information content (AvgIpc) is 3.14. The SMILES string of the molecule is CO[C@H]1O[C@H]([C@@]23O[C@H]4COC(C)(C)O[C@H]4[C@@H]2OC(C)(C)O3)[C@@H](C)[C@@H]1N=[N+]=[N-]. The molecule has 4 rings (SSSR count). The molecule has 0 aromatic rings. The van der Waals surface area contributed by atoms with Crippen molar-refractivity contribution in [3.05, 3.63) is 10.4 Å². The molecule has 27 heavy (non-hydrogen) atoms. The van der Waals surface area contributed by atoms with E-state index in [-0.39, 0.29) is 18.1 Å². The van der Waals surface area contributed by atoms with Gasteiger partial charge in [-0.3, -0.25) is 0 Å². The molecule has 4 fully saturated rings. The minimum atomic E-state index is -1.21. The Morgan fingerprint density at radius 1 is 1.07 bits per heavy atom. The van der Waals surface area contributed by atoms with Crippen molar-refractivity contribution in [2.75, 3.05) is 13.7 Å². The molecule has 0 aliphatic carbocycles. The van der Waals surface area contributed by atoms with Gasteiger partial charge >= 0.3 is 0 Å². The van der Waals surface area contributed by atoms with E-state index in [1.165, 1.54) is 7.11 Å². The number of methoxy groups -OCH3 is 1. The van der Waals surface area contributed by atoms with Crippen LogP contribution >= 0.6 is 0 Å². The van der Waals surface area contributed by atoms with Crippen LogP contribution in [0.2, 0.25) is 0 Å². The van der Waals surface area contributed by atoms with Gasteiger partial charge in [0.05, 0.1) is 12.6 Å². The summed E-state index contributed by atoms with van der Waals surface area (Å²) in [7, 11) is 1.51. The molecule has 4 saturated heterocycles. The lowest BCUT2D eigenvalue weighted by atomic mass is 9.89. The number of ether oxygens (including phenoxy) is 7. The first-order valence-corrected chi connectivity index (χ1v) is 9.22. The van der Waals surface area contributed by atoms with Gasteiger partial charge in [-0.15, -0.1) is 0 Å². The topological polar surface area (TPSA) is 113 Å². The number of hydrogen-bond donors (Lipinski definition) is 0. The van der Waals surface area contributed by atoms with E-state index in [2.05, 4.69) is 10.0 Å². The van der Waals surface area contributed by atoms with Crippen molar-refractivity contribution in [2.24, 2.45) is 11.0 Å². The Kier molecular flexibility index (Phi) is 4.49. The Morgan fingerprint density at radius 3 is 2.48 bits per heavy atom. The van der Waals surface area contributed by atoms with Crippen LogP contribution in [0, 0.1) is 5.92 Å². The van der Waals surface area contributed by atoms with E-state index in [1.54, 1.807) is 0 Å². The van der Waals surface area contributed by atoms with Crippen LogP contribution in [-0.4, -0.2) is 67.8 Å². The first-order valence-electron chi connectivity index (χ1n) is 9.22. The summed E-state index contributed by atoms with van der Waals surface area (Å²) >= 11 is 0. The van der Waals surface area contributed by atoms with Gasteiger partial charge in [0.15, 0.2) is 17.9 Å². The summed E-state index contributed by atoms with van der Waals surface area (Å²) in [6, 6.07) is -0.507. The molecule has 10 heteroatoms. The molecule has 4 heterocycles. The lowest BCUT2D eigenvalue weighted by Gasteiger charge is -2.38. The molecular weight excluding hydrogens is 358 g/mol. The lowest BCUT2D eigenvalue weighted by Crippen LogP contribution is -2.54. The van der Waals surface area contributed by atoms with Crippen molar-refractivity contribution in [1.82, 2.24) is 0 Å². The van der Waals surface area contributed by atoms with Crippen LogP contribution in [0.15, 0.2) is 5.11 Å². The van der Waals surface area contributed by atoms with Gasteiger partial charge in [-0.05, 0) is 33.2 Å². The molecule has 0 unspecified atom stereocenters. The van der Waals surface area contributed by atoms with Gasteiger partial charge in [0.25, 0.3) is 0 Å². The maximum Gasteiger partial charge on any atom is 0.228 e. The van der Waals surface area contributed by atoms with Crippen molar-refractivity contribution in [3.8, 4) is 0 Å².